The summed E-state index contributed by atoms with van der Waals surface area (Å²) in [5.41, 5.74) is 2.48. The molecule has 2 rings (SSSR count). The van der Waals surface area contributed by atoms with Gasteiger partial charge in [-0.2, -0.15) is 0 Å². The van der Waals surface area contributed by atoms with Crippen molar-refractivity contribution in [2.45, 2.75) is 12.2 Å². The predicted octanol–water partition coefficient (Wildman–Crippen LogP) is 5.67. The summed E-state index contributed by atoms with van der Waals surface area (Å²) in [6.45, 7) is 2.14. The van der Waals surface area contributed by atoms with E-state index < -0.39 is 11.2 Å². The Bertz CT molecular complexity index is 702. The third kappa shape index (κ3) is 5.27. The highest BCUT2D eigenvalue weighted by Gasteiger charge is 2.24. The first-order valence-corrected chi connectivity index (χ1v) is 9.10. The van der Waals surface area contributed by atoms with Crippen LogP contribution in [0.4, 0.5) is 4.79 Å². The molecule has 2 aromatic carbocycles. The van der Waals surface area contributed by atoms with E-state index in [1.165, 1.54) is 0 Å². The summed E-state index contributed by atoms with van der Waals surface area (Å²) < 4.78 is 4.56. The molecule has 1 unspecified atom stereocenters. The Hall–Kier alpha value is -1.47. The van der Waals surface area contributed by atoms with Crippen LogP contribution in [0.2, 0.25) is 5.02 Å². The topological polar surface area (TPSA) is 63.6 Å². The van der Waals surface area contributed by atoms with E-state index in [9.17, 15) is 14.7 Å². The van der Waals surface area contributed by atoms with Crippen LogP contribution in [-0.2, 0) is 8.98 Å². The molecule has 1 N–H and O–H groups in total. The number of carbonyl (C=O) groups is 2. The minimum absolute atomic E-state index is 0.379. The number of rotatable bonds is 6. The van der Waals surface area contributed by atoms with E-state index in [0.717, 1.165) is 22.9 Å². The van der Waals surface area contributed by atoms with E-state index in [2.05, 4.69) is 0 Å². The van der Waals surface area contributed by atoms with Crippen molar-refractivity contribution >= 4 is 45.8 Å². The number of benzene rings is 2. The first kappa shape index (κ1) is 18.9. The van der Waals surface area contributed by atoms with Crippen LogP contribution in [-0.4, -0.2) is 22.1 Å². The monoisotopic (exact) mass is 382 g/mol. The Morgan fingerprint density at radius 3 is 2.12 bits per heavy atom. The molecule has 0 aliphatic carbocycles. The van der Waals surface area contributed by atoms with Gasteiger partial charge in [-0.25, -0.2) is 0 Å². The highest BCUT2D eigenvalue weighted by Crippen LogP contribution is 2.35. The van der Waals surface area contributed by atoms with Gasteiger partial charge in [0.25, 0.3) is 4.45 Å². The van der Waals surface area contributed by atoms with Gasteiger partial charge >= 0.3 is 5.97 Å². The molecule has 126 valence electrons. The quantitative estimate of drug-likeness (QED) is 0.649. The zero-order valence-corrected chi connectivity index (χ0v) is 15.2. The van der Waals surface area contributed by atoms with Crippen LogP contribution < -0.4 is 0 Å². The first-order chi connectivity index (χ1) is 11.5. The summed E-state index contributed by atoms with van der Waals surface area (Å²) in [6.07, 6.45) is 0. The maximum absolute atomic E-state index is 11.7. The molecular formula is C17H15ClO4S2. The predicted molar refractivity (Wildman–Crippen MR) is 99.5 cm³/mol. The molecule has 4 nitrogen and oxygen atoms in total. The van der Waals surface area contributed by atoms with Crippen LogP contribution in [0, 0.1) is 0 Å². The molecule has 0 fully saturated rings. The molecule has 0 radical (unpaired) electrons. The lowest BCUT2D eigenvalue weighted by Gasteiger charge is -2.12. The maximum atomic E-state index is 11.7. The second-order valence-electron chi connectivity index (χ2n) is 4.70. The molecule has 2 aromatic rings. The van der Waals surface area contributed by atoms with Crippen LogP contribution in [0.25, 0.3) is 11.1 Å². The fourth-order valence-corrected chi connectivity index (χ4v) is 3.49. The molecule has 1 atom stereocenters. The average Bonchev–Trinajstić information content (AvgIpc) is 2.58. The third-order valence-corrected chi connectivity index (χ3v) is 5.21. The van der Waals surface area contributed by atoms with Crippen LogP contribution >= 0.6 is 35.4 Å². The fourth-order valence-electron chi connectivity index (χ4n) is 1.98. The minimum atomic E-state index is -1.07. The summed E-state index contributed by atoms with van der Waals surface area (Å²) in [4.78, 5) is 23.2. The van der Waals surface area contributed by atoms with Gasteiger partial charge < -0.3 is 9.29 Å². The van der Waals surface area contributed by atoms with E-state index in [0.29, 0.717) is 29.2 Å². The van der Waals surface area contributed by atoms with Gasteiger partial charge in [0.2, 0.25) is 0 Å². The highest BCUT2D eigenvalue weighted by molar-refractivity contribution is 8.37. The number of hydrogen-bond acceptors (Lipinski definition) is 5. The van der Waals surface area contributed by atoms with E-state index in [1.807, 2.05) is 24.3 Å². The van der Waals surface area contributed by atoms with Crippen molar-refractivity contribution in [3.8, 4) is 11.1 Å². The lowest BCUT2D eigenvalue weighted by atomic mass is 10.0. The Labute approximate surface area is 153 Å². The lowest BCUT2D eigenvalue weighted by molar-refractivity contribution is -0.136. The standard InChI is InChI=1S/C17H15ClO4S2/c1-2-22-24-17(21)23-15(16(19)20)13-5-3-11(4-6-13)12-7-9-14(18)10-8-12/h3-10,15H,2H2,1H3,(H,19,20). The number of halogens is 1. The molecule has 0 saturated carbocycles. The molecule has 0 heterocycles. The second-order valence-corrected chi connectivity index (χ2v) is 7.25. The Kier molecular flexibility index (Phi) is 7.17. The molecule has 0 spiro atoms. The lowest BCUT2D eigenvalue weighted by Crippen LogP contribution is -2.09. The number of carbonyl (C=O) groups excluding carboxylic acids is 1. The summed E-state index contributed by atoms with van der Waals surface area (Å²) in [5.74, 6) is -1.07. The van der Waals surface area contributed by atoms with Crippen molar-refractivity contribution in [2.24, 2.45) is 0 Å². The number of carboxylic acids is 1. The van der Waals surface area contributed by atoms with Crippen LogP contribution in [0.5, 0.6) is 0 Å². The summed E-state index contributed by atoms with van der Waals surface area (Å²) in [5, 5.41) is 9.07. The summed E-state index contributed by atoms with van der Waals surface area (Å²) in [6, 6.07) is 14.5. The molecular weight excluding hydrogens is 368 g/mol. The third-order valence-electron chi connectivity index (χ3n) is 3.07. The molecule has 0 amide bonds. The van der Waals surface area contributed by atoms with Gasteiger partial charge in [-0.15, -0.1) is 0 Å². The normalized spacial score (nSPS) is 11.9. The van der Waals surface area contributed by atoms with Gasteiger partial charge in [0.05, 0.1) is 18.6 Å². The van der Waals surface area contributed by atoms with Gasteiger partial charge in [-0.1, -0.05) is 59.8 Å². The molecule has 0 aliphatic heterocycles. The van der Waals surface area contributed by atoms with Gasteiger partial charge in [0.1, 0.15) is 5.25 Å². The van der Waals surface area contributed by atoms with Gasteiger partial charge in [-0.3, -0.25) is 9.59 Å². The van der Waals surface area contributed by atoms with E-state index in [1.54, 1.807) is 31.2 Å². The minimum Gasteiger partial charge on any atom is -0.480 e. The molecule has 0 bridgehead atoms. The van der Waals surface area contributed by atoms with Gasteiger partial charge in [-0.05, 0) is 35.7 Å². The Balaban J connectivity index is 2.15. The number of thioether (sulfide) groups is 1. The van der Waals surface area contributed by atoms with Crippen molar-refractivity contribution in [2.75, 3.05) is 6.61 Å². The smallest absolute Gasteiger partial charge is 0.321 e. The fraction of sp³-hybridized carbons (Fsp3) is 0.176. The largest absolute Gasteiger partial charge is 0.480 e. The Morgan fingerprint density at radius 2 is 1.62 bits per heavy atom. The molecule has 0 aromatic heterocycles. The molecule has 24 heavy (non-hydrogen) atoms. The van der Waals surface area contributed by atoms with Crippen LogP contribution in [0.15, 0.2) is 48.5 Å². The van der Waals surface area contributed by atoms with Crippen molar-refractivity contribution in [1.82, 2.24) is 0 Å². The zero-order chi connectivity index (χ0) is 17.5. The average molecular weight is 383 g/mol. The maximum Gasteiger partial charge on any atom is 0.321 e. The number of aliphatic carboxylic acids is 1. The highest BCUT2D eigenvalue weighted by atomic mass is 35.5. The summed E-state index contributed by atoms with van der Waals surface area (Å²) >= 11 is 7.27. The summed E-state index contributed by atoms with van der Waals surface area (Å²) in [7, 11) is 0. The van der Waals surface area contributed by atoms with Crippen molar-refractivity contribution in [1.29, 1.82) is 0 Å². The molecule has 0 aliphatic rings. The SMILES string of the molecule is CCOSC(=O)SC(C(=O)O)c1ccc(-c2ccc(Cl)cc2)cc1. The van der Waals surface area contributed by atoms with E-state index >= 15 is 0 Å². The molecule has 0 saturated heterocycles. The van der Waals surface area contributed by atoms with Gasteiger partial charge in [0.15, 0.2) is 0 Å². The van der Waals surface area contributed by atoms with Gasteiger partial charge in [0, 0.05) is 5.02 Å². The first-order valence-electron chi connectivity index (χ1n) is 7.10. The molecule has 7 heteroatoms. The number of carboxylic acid groups (broad SMARTS) is 1. The zero-order valence-electron chi connectivity index (χ0n) is 12.8. The number of hydrogen-bond donors (Lipinski definition) is 1. The Morgan fingerprint density at radius 1 is 1.08 bits per heavy atom. The van der Waals surface area contributed by atoms with E-state index in [-0.39, 0.29) is 4.45 Å². The second kappa shape index (κ2) is 9.13. The van der Waals surface area contributed by atoms with Crippen LogP contribution in [0.3, 0.4) is 0 Å². The van der Waals surface area contributed by atoms with Crippen molar-refractivity contribution < 1.29 is 18.9 Å². The van der Waals surface area contributed by atoms with Crippen molar-refractivity contribution in [3.05, 3.63) is 59.1 Å². The van der Waals surface area contributed by atoms with Crippen LogP contribution in [0.1, 0.15) is 17.7 Å². The van der Waals surface area contributed by atoms with Crippen molar-refractivity contribution in [3.63, 3.8) is 0 Å². The van der Waals surface area contributed by atoms with E-state index in [4.69, 9.17) is 15.8 Å².